The lowest BCUT2D eigenvalue weighted by atomic mass is 10.2. The molecular weight excluding hydrogens is 409 g/mol. The monoisotopic (exact) mass is 451 g/mol. The highest BCUT2D eigenvalue weighted by Gasteiger charge is 2.21. The van der Waals surface area contributed by atoms with Gasteiger partial charge >= 0.3 is 11.9 Å². The van der Waals surface area contributed by atoms with Crippen molar-refractivity contribution in [2.24, 2.45) is 0 Å². The minimum Gasteiger partial charge on any atom is -0.778 e. The molecule has 0 aliphatic rings. The average molecular weight is 452 g/mol. The summed E-state index contributed by atoms with van der Waals surface area (Å²) in [6.45, 7) is 4.60. The molecule has 0 spiro atoms. The van der Waals surface area contributed by atoms with Gasteiger partial charge in [0.25, 0.3) is 0 Å². The Morgan fingerprint density at radius 1 is 0.967 bits per heavy atom. The van der Waals surface area contributed by atoms with Crippen LogP contribution < -0.4 is 4.89 Å². The van der Waals surface area contributed by atoms with Crippen molar-refractivity contribution in [1.29, 1.82) is 0 Å². The van der Waals surface area contributed by atoms with Crippen molar-refractivity contribution >= 4 is 19.5 Å². The SMILES string of the molecule is CCCCCC(=O)OCC(CCP(=O)([O-])OCC[N+](C)(C)C)OC(=O)CCCCC. The topological polar surface area (TPSA) is 102 Å². The van der Waals surface area contributed by atoms with E-state index < -0.39 is 19.7 Å². The first-order valence-electron chi connectivity index (χ1n) is 11.1. The van der Waals surface area contributed by atoms with E-state index in [0.29, 0.717) is 23.9 Å². The summed E-state index contributed by atoms with van der Waals surface area (Å²) in [5, 5.41) is 0. The van der Waals surface area contributed by atoms with Crippen LogP contribution in [0.25, 0.3) is 0 Å². The number of rotatable bonds is 18. The second-order valence-corrected chi connectivity index (χ2v) is 10.6. The molecule has 0 N–H and O–H groups in total. The maximum absolute atomic E-state index is 12.2. The molecule has 0 heterocycles. The Bertz CT molecular complexity index is 534. The number of hydrogen-bond acceptors (Lipinski definition) is 7. The molecule has 0 aliphatic heterocycles. The third-order valence-electron chi connectivity index (χ3n) is 4.47. The molecule has 0 amide bonds. The molecule has 9 heteroatoms. The predicted octanol–water partition coefficient (Wildman–Crippen LogP) is 3.27. The van der Waals surface area contributed by atoms with Gasteiger partial charge in [0.15, 0.2) is 0 Å². The maximum Gasteiger partial charge on any atom is 0.306 e. The molecular formula is C21H42NO7P. The van der Waals surface area contributed by atoms with Gasteiger partial charge in [-0.3, -0.25) is 9.59 Å². The fraction of sp³-hybridized carbons (Fsp3) is 0.905. The largest absolute Gasteiger partial charge is 0.778 e. The fourth-order valence-electron chi connectivity index (χ4n) is 2.54. The summed E-state index contributed by atoms with van der Waals surface area (Å²) in [7, 11) is 1.78. The number of carbonyl (C=O) groups is 2. The van der Waals surface area contributed by atoms with Gasteiger partial charge in [0, 0.05) is 19.0 Å². The number of nitrogens with zero attached hydrogens (tertiary/aromatic N) is 1. The second-order valence-electron chi connectivity index (χ2n) is 8.68. The second kappa shape index (κ2) is 15.8. The van der Waals surface area contributed by atoms with Crippen molar-refractivity contribution in [3.63, 3.8) is 0 Å². The summed E-state index contributed by atoms with van der Waals surface area (Å²) < 4.78 is 28.4. The standard InChI is InChI=1S/C21H42NO7P/c1-6-8-10-12-20(23)27-18-19(29-21(24)13-11-9-7-2)14-17-30(25,26)28-16-15-22(3,4)5/h19H,6-18H2,1-5H3. The summed E-state index contributed by atoms with van der Waals surface area (Å²) in [5.74, 6) is -0.762. The average Bonchev–Trinajstić information content (AvgIpc) is 2.63. The Labute approximate surface area is 182 Å². The third-order valence-corrected chi connectivity index (χ3v) is 5.85. The minimum atomic E-state index is -4.06. The van der Waals surface area contributed by atoms with Crippen LogP contribution in [0.4, 0.5) is 0 Å². The van der Waals surface area contributed by atoms with E-state index >= 15 is 0 Å². The van der Waals surface area contributed by atoms with Gasteiger partial charge in [0.2, 0.25) is 0 Å². The van der Waals surface area contributed by atoms with Crippen LogP contribution in [0.3, 0.4) is 0 Å². The van der Waals surface area contributed by atoms with Gasteiger partial charge in [-0.2, -0.15) is 0 Å². The zero-order chi connectivity index (χ0) is 23.0. The van der Waals surface area contributed by atoms with Gasteiger partial charge in [-0.15, -0.1) is 0 Å². The lowest BCUT2D eigenvalue weighted by molar-refractivity contribution is -0.870. The van der Waals surface area contributed by atoms with Crippen molar-refractivity contribution in [1.82, 2.24) is 0 Å². The third kappa shape index (κ3) is 17.9. The van der Waals surface area contributed by atoms with E-state index in [2.05, 4.69) is 0 Å². The number of likely N-dealkylation sites (N-methyl/N-ethyl adjacent to an activating group) is 1. The van der Waals surface area contributed by atoms with Crippen LogP contribution >= 0.6 is 7.60 Å². The molecule has 0 rings (SSSR count). The van der Waals surface area contributed by atoms with E-state index in [4.69, 9.17) is 14.0 Å². The molecule has 2 unspecified atom stereocenters. The van der Waals surface area contributed by atoms with Crippen molar-refractivity contribution in [2.45, 2.75) is 77.7 Å². The van der Waals surface area contributed by atoms with Gasteiger partial charge in [-0.1, -0.05) is 39.5 Å². The van der Waals surface area contributed by atoms with E-state index in [1.165, 1.54) is 0 Å². The molecule has 178 valence electrons. The molecule has 0 aliphatic carbocycles. The quantitative estimate of drug-likeness (QED) is 0.136. The highest BCUT2D eigenvalue weighted by molar-refractivity contribution is 7.51. The summed E-state index contributed by atoms with van der Waals surface area (Å²) in [6, 6.07) is 0. The smallest absolute Gasteiger partial charge is 0.306 e. The first-order valence-corrected chi connectivity index (χ1v) is 12.8. The number of carbonyl (C=O) groups excluding carboxylic acids is 2. The van der Waals surface area contributed by atoms with Crippen molar-refractivity contribution in [2.75, 3.05) is 47.1 Å². The van der Waals surface area contributed by atoms with Crippen LogP contribution in [0.2, 0.25) is 0 Å². The molecule has 30 heavy (non-hydrogen) atoms. The van der Waals surface area contributed by atoms with Gasteiger partial charge < -0.3 is 27.9 Å². The van der Waals surface area contributed by atoms with Gasteiger partial charge in [0.1, 0.15) is 33.5 Å². The van der Waals surface area contributed by atoms with E-state index in [1.54, 1.807) is 0 Å². The van der Waals surface area contributed by atoms with Crippen LogP contribution in [0.15, 0.2) is 0 Å². The van der Waals surface area contributed by atoms with Crippen molar-refractivity contribution in [3.05, 3.63) is 0 Å². The van der Waals surface area contributed by atoms with Crippen molar-refractivity contribution < 1.29 is 37.5 Å². The van der Waals surface area contributed by atoms with Gasteiger partial charge in [-0.25, -0.2) is 0 Å². The molecule has 0 bridgehead atoms. The van der Waals surface area contributed by atoms with E-state index in [-0.39, 0.29) is 38.2 Å². The van der Waals surface area contributed by atoms with Crippen LogP contribution in [0.1, 0.15) is 71.6 Å². The van der Waals surface area contributed by atoms with Crippen LogP contribution in [0.5, 0.6) is 0 Å². The zero-order valence-electron chi connectivity index (χ0n) is 19.5. The Morgan fingerprint density at radius 2 is 1.53 bits per heavy atom. The minimum absolute atomic E-state index is 0.0346. The maximum atomic E-state index is 12.2. The molecule has 0 fully saturated rings. The number of ether oxygens (including phenoxy) is 2. The zero-order valence-corrected chi connectivity index (χ0v) is 20.4. The molecule has 0 aromatic carbocycles. The first-order chi connectivity index (χ1) is 14.0. The molecule has 8 nitrogen and oxygen atoms in total. The van der Waals surface area contributed by atoms with Crippen molar-refractivity contribution in [3.8, 4) is 0 Å². The molecule has 0 saturated heterocycles. The molecule has 0 aromatic rings. The lowest BCUT2D eigenvalue weighted by Crippen LogP contribution is -2.37. The summed E-state index contributed by atoms with van der Waals surface area (Å²) in [5.41, 5.74) is 0. The Balaban J connectivity index is 4.63. The number of esters is 2. The van der Waals surface area contributed by atoms with Crippen LogP contribution in [-0.2, 0) is 28.2 Å². The van der Waals surface area contributed by atoms with Crippen LogP contribution in [-0.4, -0.2) is 69.6 Å². The summed E-state index contributed by atoms with van der Waals surface area (Å²) in [4.78, 5) is 36.1. The lowest BCUT2D eigenvalue weighted by Gasteiger charge is -2.28. The van der Waals surface area contributed by atoms with E-state index in [0.717, 1.165) is 32.1 Å². The number of unbranched alkanes of at least 4 members (excludes halogenated alkanes) is 4. The van der Waals surface area contributed by atoms with Crippen LogP contribution in [0, 0.1) is 0 Å². The summed E-state index contributed by atoms with van der Waals surface area (Å²) >= 11 is 0. The van der Waals surface area contributed by atoms with E-state index in [1.807, 2.05) is 35.0 Å². The molecule has 2 atom stereocenters. The summed E-state index contributed by atoms with van der Waals surface area (Å²) in [6.07, 6.45) is 4.84. The normalized spacial score (nSPS) is 14.7. The first kappa shape index (κ1) is 29.1. The van der Waals surface area contributed by atoms with Gasteiger partial charge in [-0.05, 0) is 19.3 Å². The Kier molecular flexibility index (Phi) is 15.3. The highest BCUT2D eigenvalue weighted by Crippen LogP contribution is 2.38. The predicted molar refractivity (Wildman–Crippen MR) is 115 cm³/mol. The fourth-order valence-corrected chi connectivity index (χ4v) is 3.63. The molecule has 0 aromatic heterocycles. The number of quaternary nitrogens is 1. The molecule has 0 radical (unpaired) electrons. The Morgan fingerprint density at radius 3 is 2.07 bits per heavy atom. The van der Waals surface area contributed by atoms with E-state index in [9.17, 15) is 19.0 Å². The number of hydrogen-bond donors (Lipinski definition) is 0. The Hall–Kier alpha value is -0.950. The molecule has 0 saturated carbocycles. The van der Waals surface area contributed by atoms with Gasteiger partial charge in [0.05, 0.1) is 21.1 Å². The highest BCUT2D eigenvalue weighted by atomic mass is 31.2.